The molecule has 0 radical (unpaired) electrons. The average molecular weight is 614 g/mol. The Morgan fingerprint density at radius 2 is 1.73 bits per heavy atom. The molecule has 0 bridgehead atoms. The molecule has 0 atom stereocenters. The number of urea groups is 1. The number of nitrogens with zero attached hydrogens (tertiary/aromatic N) is 1. The smallest absolute Gasteiger partial charge is 0.333 e. The molecule has 0 saturated heterocycles. The molecule has 14 heteroatoms. The number of hydrogen-bond donors (Lipinski definition) is 4. The molecular formula is C27H21ClFN5O5S2. The lowest BCUT2D eigenvalue weighted by Gasteiger charge is -2.11. The number of rotatable bonds is 7. The van der Waals surface area contributed by atoms with Gasteiger partial charge in [0.25, 0.3) is 15.6 Å². The topological polar surface area (TPSA) is 142 Å². The second kappa shape index (κ2) is 11.2. The Kier molecular flexibility index (Phi) is 7.67. The zero-order valence-electron chi connectivity index (χ0n) is 21.2. The van der Waals surface area contributed by atoms with Crippen molar-refractivity contribution >= 4 is 61.3 Å². The van der Waals surface area contributed by atoms with E-state index in [0.717, 1.165) is 27.0 Å². The molecule has 0 aliphatic rings. The summed E-state index contributed by atoms with van der Waals surface area (Å²) < 4.78 is 41.2. The second-order valence-electron chi connectivity index (χ2n) is 8.92. The third-order valence-electron chi connectivity index (χ3n) is 6.12. The molecule has 3 aromatic carbocycles. The van der Waals surface area contributed by atoms with Crippen LogP contribution in [0, 0.1) is 12.7 Å². The first-order valence-corrected chi connectivity index (χ1v) is 14.7. The summed E-state index contributed by atoms with van der Waals surface area (Å²) in [7, 11) is -4.11. The van der Waals surface area contributed by atoms with Crippen LogP contribution in [0.4, 0.5) is 20.6 Å². The van der Waals surface area contributed by atoms with Crippen molar-refractivity contribution in [2.75, 3.05) is 10.6 Å². The van der Waals surface area contributed by atoms with Crippen LogP contribution in [0.1, 0.15) is 11.1 Å². The first-order valence-electron chi connectivity index (χ1n) is 12.0. The Hall–Kier alpha value is -4.46. The van der Waals surface area contributed by atoms with E-state index in [9.17, 15) is 27.2 Å². The van der Waals surface area contributed by atoms with Crippen LogP contribution >= 0.6 is 22.9 Å². The molecule has 2 amide bonds. The summed E-state index contributed by atoms with van der Waals surface area (Å²) in [5, 5.41) is 5.82. The zero-order valence-corrected chi connectivity index (χ0v) is 23.6. The lowest BCUT2D eigenvalue weighted by Crippen LogP contribution is -2.34. The number of carbonyl (C=O) groups excluding carboxylic acids is 1. The molecule has 0 spiro atoms. The van der Waals surface area contributed by atoms with Gasteiger partial charge in [0.1, 0.15) is 10.0 Å². The van der Waals surface area contributed by atoms with E-state index < -0.39 is 27.3 Å². The summed E-state index contributed by atoms with van der Waals surface area (Å²) in [4.78, 5) is 41.0. The summed E-state index contributed by atoms with van der Waals surface area (Å²) >= 11 is 6.57. The quantitative estimate of drug-likeness (QED) is 0.204. The van der Waals surface area contributed by atoms with Gasteiger partial charge in [-0.1, -0.05) is 17.7 Å². The summed E-state index contributed by atoms with van der Waals surface area (Å²) in [6.45, 7) is 2.23. The van der Waals surface area contributed by atoms with Crippen molar-refractivity contribution in [2.24, 2.45) is 0 Å². The molecule has 5 aromatic rings. The number of aromatic nitrogens is 2. The molecule has 0 saturated carbocycles. The largest absolute Gasteiger partial charge is 0.381 e. The van der Waals surface area contributed by atoms with Crippen LogP contribution in [0.15, 0.2) is 86.6 Å². The van der Waals surface area contributed by atoms with Gasteiger partial charge in [-0.15, -0.1) is 11.3 Å². The van der Waals surface area contributed by atoms with Gasteiger partial charge in [0, 0.05) is 17.9 Å². The van der Waals surface area contributed by atoms with Gasteiger partial charge in [0.05, 0.1) is 20.9 Å². The number of H-pyrrole nitrogens is 1. The molecule has 0 unspecified atom stereocenters. The number of amides is 2. The Bertz CT molecular complexity index is 2020. The molecule has 210 valence electrons. The number of aryl methyl sites for hydroxylation is 1. The lowest BCUT2D eigenvalue weighted by molar-refractivity contribution is 0.256. The number of carbonyl (C=O) groups is 1. The number of benzene rings is 3. The zero-order chi connectivity index (χ0) is 29.3. The maximum atomic E-state index is 13.6. The molecular weight excluding hydrogens is 593 g/mol. The minimum Gasteiger partial charge on any atom is -0.381 e. The molecule has 10 nitrogen and oxygen atoms in total. The van der Waals surface area contributed by atoms with Crippen molar-refractivity contribution in [1.29, 1.82) is 0 Å². The predicted molar refractivity (Wildman–Crippen MR) is 157 cm³/mol. The summed E-state index contributed by atoms with van der Waals surface area (Å²) in [5.74, 6) is -0.337. The fourth-order valence-electron chi connectivity index (χ4n) is 4.06. The van der Waals surface area contributed by atoms with E-state index in [4.69, 9.17) is 11.6 Å². The SMILES string of the molecule is Cc1ccc(F)cc1CNc1ccc2c(=O)n(-c3ccc(NC(=O)NS(=O)(=O)c4ccc(Cl)s4)cc3)c(=O)[nH]c2c1. The van der Waals surface area contributed by atoms with E-state index in [2.05, 4.69) is 15.6 Å². The third-order valence-corrected chi connectivity index (χ3v) is 9.17. The van der Waals surface area contributed by atoms with Gasteiger partial charge >= 0.3 is 11.7 Å². The summed E-state index contributed by atoms with van der Waals surface area (Å²) in [6.07, 6.45) is 0. The molecule has 2 heterocycles. The molecule has 5 rings (SSSR count). The second-order valence-corrected chi connectivity index (χ2v) is 12.5. The molecule has 41 heavy (non-hydrogen) atoms. The highest BCUT2D eigenvalue weighted by Crippen LogP contribution is 2.25. The monoisotopic (exact) mass is 613 g/mol. The van der Waals surface area contributed by atoms with Gasteiger partial charge in [0.15, 0.2) is 0 Å². The number of hydrogen-bond acceptors (Lipinski definition) is 7. The Balaban J connectivity index is 1.32. The number of sulfonamides is 1. The molecule has 0 fully saturated rings. The van der Waals surface area contributed by atoms with Gasteiger partial charge in [0.2, 0.25) is 0 Å². The minimum atomic E-state index is -4.11. The molecule has 2 aromatic heterocycles. The normalized spacial score (nSPS) is 11.4. The average Bonchev–Trinajstić information content (AvgIpc) is 3.37. The van der Waals surface area contributed by atoms with Crippen molar-refractivity contribution < 1.29 is 17.6 Å². The van der Waals surface area contributed by atoms with E-state index >= 15 is 0 Å². The minimum absolute atomic E-state index is 0.118. The van der Waals surface area contributed by atoms with Gasteiger partial charge in [-0.2, -0.15) is 0 Å². The van der Waals surface area contributed by atoms with E-state index in [1.54, 1.807) is 24.3 Å². The van der Waals surface area contributed by atoms with E-state index in [1.165, 1.54) is 48.5 Å². The maximum Gasteiger partial charge on any atom is 0.333 e. The fourth-order valence-corrected chi connectivity index (χ4v) is 6.45. The van der Waals surface area contributed by atoms with Crippen molar-refractivity contribution in [1.82, 2.24) is 14.3 Å². The highest BCUT2D eigenvalue weighted by Gasteiger charge is 2.20. The van der Waals surface area contributed by atoms with E-state index in [1.807, 2.05) is 11.6 Å². The first-order chi connectivity index (χ1) is 19.5. The third kappa shape index (κ3) is 6.16. The summed E-state index contributed by atoms with van der Waals surface area (Å²) in [6, 6.07) is 16.8. The first kappa shape index (κ1) is 28.1. The van der Waals surface area contributed by atoms with Crippen LogP contribution in [0.2, 0.25) is 4.34 Å². The molecule has 4 N–H and O–H groups in total. The standard InChI is InChI=1S/C27H21ClFN5O5S2/c1-15-2-3-17(29)12-16(15)14-30-19-6-9-21-22(13-19)32-27(37)34(25(21)35)20-7-4-18(5-8-20)31-26(36)33-41(38,39)24-11-10-23(28)40-24/h2-13,30H,14H2,1H3,(H,32,37)(H2,31,33,36). The number of halogens is 2. The number of thiophene rings is 1. The van der Waals surface area contributed by atoms with Crippen LogP contribution < -0.4 is 26.6 Å². The number of nitrogens with one attached hydrogen (secondary N) is 4. The van der Waals surface area contributed by atoms with Crippen LogP contribution in [0.5, 0.6) is 0 Å². The van der Waals surface area contributed by atoms with Crippen LogP contribution in [0.3, 0.4) is 0 Å². The van der Waals surface area contributed by atoms with Crippen molar-refractivity contribution in [3.8, 4) is 5.69 Å². The summed E-state index contributed by atoms with van der Waals surface area (Å²) in [5.41, 5.74) is 1.86. The number of fused-ring (bicyclic) bond motifs is 1. The van der Waals surface area contributed by atoms with Crippen LogP contribution in [0.25, 0.3) is 16.6 Å². The highest BCUT2D eigenvalue weighted by molar-refractivity contribution is 7.92. The Morgan fingerprint density at radius 1 is 1.00 bits per heavy atom. The van der Waals surface area contributed by atoms with Gasteiger partial charge in [-0.05, 0) is 84.8 Å². The number of aromatic amines is 1. The fraction of sp³-hybridized carbons (Fsp3) is 0.0741. The Labute approximate surface area is 241 Å². The van der Waals surface area contributed by atoms with Gasteiger partial charge in [-0.3, -0.25) is 4.79 Å². The number of anilines is 2. The Morgan fingerprint density at radius 3 is 2.44 bits per heavy atom. The van der Waals surface area contributed by atoms with E-state index in [0.29, 0.717) is 17.7 Å². The highest BCUT2D eigenvalue weighted by atomic mass is 35.5. The van der Waals surface area contributed by atoms with Crippen LogP contribution in [-0.4, -0.2) is 24.0 Å². The molecule has 0 aliphatic heterocycles. The van der Waals surface area contributed by atoms with Gasteiger partial charge in [-0.25, -0.2) is 31.7 Å². The predicted octanol–water partition coefficient (Wildman–Crippen LogP) is 4.96. The van der Waals surface area contributed by atoms with Crippen molar-refractivity contribution in [3.05, 3.63) is 115 Å². The van der Waals surface area contributed by atoms with Crippen molar-refractivity contribution in [2.45, 2.75) is 17.7 Å². The van der Waals surface area contributed by atoms with E-state index in [-0.39, 0.29) is 31.1 Å². The molecule has 0 aliphatic carbocycles. The van der Waals surface area contributed by atoms with Crippen molar-refractivity contribution in [3.63, 3.8) is 0 Å². The lowest BCUT2D eigenvalue weighted by atomic mass is 10.1. The maximum absolute atomic E-state index is 13.6. The van der Waals surface area contributed by atoms with Gasteiger partial charge < -0.3 is 15.6 Å². The van der Waals surface area contributed by atoms with Crippen LogP contribution in [-0.2, 0) is 16.6 Å².